The normalized spacial score (nSPS) is 16.2. The van der Waals surface area contributed by atoms with Crippen LogP contribution in [0.3, 0.4) is 0 Å². The van der Waals surface area contributed by atoms with Crippen LogP contribution in [-0.4, -0.2) is 54.3 Å². The molecule has 0 aliphatic carbocycles. The van der Waals surface area contributed by atoms with Crippen molar-refractivity contribution in [2.24, 2.45) is 0 Å². The minimum Gasteiger partial charge on any atom is -0.478 e. The number of methoxy groups -OCH3 is 1. The summed E-state index contributed by atoms with van der Waals surface area (Å²) in [6.45, 7) is 3.05. The first kappa shape index (κ1) is 24.8. The fourth-order valence-electron chi connectivity index (χ4n) is 4.58. The SMILES string of the molecule is COCCn1c(Cn2cc(-c3cccc4c3OC(C)(c3ccc(Cl)cn3)O4)nn2)nc2ccc(C(=O)O)cc21. The summed E-state index contributed by atoms with van der Waals surface area (Å²) in [6, 6.07) is 13.9. The average molecular weight is 547 g/mol. The first-order valence-electron chi connectivity index (χ1n) is 12.1. The number of aromatic nitrogens is 6. The number of benzene rings is 2. The fourth-order valence-corrected chi connectivity index (χ4v) is 4.69. The molecule has 1 N–H and O–H groups in total. The van der Waals surface area contributed by atoms with Crippen LogP contribution < -0.4 is 9.47 Å². The largest absolute Gasteiger partial charge is 0.478 e. The Labute approximate surface area is 227 Å². The van der Waals surface area contributed by atoms with E-state index in [1.165, 1.54) is 0 Å². The Hall–Kier alpha value is -4.48. The predicted molar refractivity (Wildman–Crippen MR) is 141 cm³/mol. The number of carbonyl (C=O) groups is 1. The van der Waals surface area contributed by atoms with Gasteiger partial charge in [-0.15, -0.1) is 5.10 Å². The van der Waals surface area contributed by atoms with Crippen molar-refractivity contribution < 1.29 is 24.1 Å². The van der Waals surface area contributed by atoms with E-state index in [1.54, 1.807) is 61.4 Å². The van der Waals surface area contributed by atoms with Gasteiger partial charge in [-0.3, -0.25) is 4.98 Å². The summed E-state index contributed by atoms with van der Waals surface area (Å²) >= 11 is 6.00. The molecule has 11 nitrogen and oxygen atoms in total. The number of rotatable bonds is 8. The molecule has 198 valence electrons. The number of fused-ring (bicyclic) bond motifs is 2. The Kier molecular flexibility index (Phi) is 6.16. The monoisotopic (exact) mass is 546 g/mol. The minimum absolute atomic E-state index is 0.191. The maximum absolute atomic E-state index is 11.5. The molecule has 0 saturated carbocycles. The first-order chi connectivity index (χ1) is 18.8. The van der Waals surface area contributed by atoms with Gasteiger partial charge in [-0.05, 0) is 42.5 Å². The van der Waals surface area contributed by atoms with Gasteiger partial charge in [-0.2, -0.15) is 0 Å². The third-order valence-electron chi connectivity index (χ3n) is 6.48. The number of hydrogen-bond acceptors (Lipinski definition) is 8. The topological polar surface area (TPSA) is 126 Å². The third-order valence-corrected chi connectivity index (χ3v) is 6.71. The average Bonchev–Trinajstić information content (AvgIpc) is 3.62. The van der Waals surface area contributed by atoms with E-state index in [9.17, 15) is 9.90 Å². The van der Waals surface area contributed by atoms with Gasteiger partial charge in [0.1, 0.15) is 23.8 Å². The number of pyridine rings is 1. The lowest BCUT2D eigenvalue weighted by Crippen LogP contribution is -2.32. The second-order valence-electron chi connectivity index (χ2n) is 9.13. The number of para-hydroxylation sites is 1. The van der Waals surface area contributed by atoms with Crippen LogP contribution in [0, 0.1) is 0 Å². The highest BCUT2D eigenvalue weighted by molar-refractivity contribution is 6.30. The summed E-state index contributed by atoms with van der Waals surface area (Å²) in [5.41, 5.74) is 3.49. The van der Waals surface area contributed by atoms with Gasteiger partial charge in [0.05, 0.1) is 34.4 Å². The van der Waals surface area contributed by atoms with Gasteiger partial charge in [0.2, 0.25) is 0 Å². The zero-order valence-electron chi connectivity index (χ0n) is 21.0. The number of ether oxygens (including phenoxy) is 3. The number of hydrogen-bond donors (Lipinski definition) is 1. The standard InChI is InChI=1S/C27H23ClN6O5/c1-27(23-9-7-17(28)13-29-23)38-22-5-3-4-18(25(22)39-27)20-14-33(32-31-20)15-24-30-19-8-6-16(26(35)36)12-21(19)34(24)10-11-37-2/h3-9,12-14H,10-11,15H2,1-2H3,(H,35,36). The Morgan fingerprint density at radius 1 is 1.18 bits per heavy atom. The highest BCUT2D eigenvalue weighted by Gasteiger charge is 2.41. The second-order valence-corrected chi connectivity index (χ2v) is 9.56. The van der Waals surface area contributed by atoms with Gasteiger partial charge >= 0.3 is 5.97 Å². The number of carboxylic acids is 1. The molecule has 0 radical (unpaired) electrons. The van der Waals surface area contributed by atoms with E-state index in [2.05, 4.69) is 15.3 Å². The van der Waals surface area contributed by atoms with Crippen LogP contribution in [0.1, 0.15) is 28.8 Å². The lowest BCUT2D eigenvalue weighted by Gasteiger charge is -2.22. The van der Waals surface area contributed by atoms with Crippen LogP contribution >= 0.6 is 11.6 Å². The lowest BCUT2D eigenvalue weighted by molar-refractivity contribution is -0.0715. The number of carboxylic acid groups (broad SMARTS) is 1. The molecule has 39 heavy (non-hydrogen) atoms. The second kappa shape index (κ2) is 9.68. The van der Waals surface area contributed by atoms with E-state index < -0.39 is 11.8 Å². The molecule has 3 aromatic heterocycles. The zero-order chi connectivity index (χ0) is 27.1. The number of halogens is 1. The maximum Gasteiger partial charge on any atom is 0.335 e. The Morgan fingerprint density at radius 2 is 2.05 bits per heavy atom. The molecule has 2 aromatic carbocycles. The predicted octanol–water partition coefficient (Wildman–Crippen LogP) is 4.38. The molecular formula is C27H23ClN6O5. The van der Waals surface area contributed by atoms with E-state index in [0.29, 0.717) is 64.5 Å². The molecule has 12 heteroatoms. The molecule has 0 spiro atoms. The van der Waals surface area contributed by atoms with Crippen LogP contribution in [0.25, 0.3) is 22.3 Å². The van der Waals surface area contributed by atoms with E-state index in [4.69, 9.17) is 30.8 Å². The number of nitrogens with zero attached hydrogens (tertiary/aromatic N) is 6. The van der Waals surface area contributed by atoms with Crippen molar-refractivity contribution in [2.75, 3.05) is 13.7 Å². The molecule has 6 rings (SSSR count). The quantitative estimate of drug-likeness (QED) is 0.301. The van der Waals surface area contributed by atoms with E-state index in [0.717, 1.165) is 5.56 Å². The van der Waals surface area contributed by atoms with Crippen LogP contribution in [0.15, 0.2) is 60.9 Å². The van der Waals surface area contributed by atoms with Gasteiger partial charge in [-0.25, -0.2) is 14.5 Å². The summed E-state index contributed by atoms with van der Waals surface area (Å²) in [6.07, 6.45) is 3.35. The van der Waals surface area contributed by atoms with Gasteiger partial charge in [-0.1, -0.05) is 22.9 Å². The van der Waals surface area contributed by atoms with Crippen molar-refractivity contribution in [3.63, 3.8) is 0 Å². The highest BCUT2D eigenvalue weighted by Crippen LogP contribution is 2.48. The number of imidazole rings is 1. The molecule has 0 amide bonds. The van der Waals surface area contributed by atoms with Crippen LogP contribution in [0.2, 0.25) is 5.02 Å². The summed E-state index contributed by atoms with van der Waals surface area (Å²) in [5.74, 6) is -0.321. The van der Waals surface area contributed by atoms with E-state index >= 15 is 0 Å². The van der Waals surface area contributed by atoms with Crippen LogP contribution in [-0.2, 0) is 23.6 Å². The van der Waals surface area contributed by atoms with E-state index in [1.807, 2.05) is 22.8 Å². The molecule has 0 fully saturated rings. The van der Waals surface area contributed by atoms with Crippen LogP contribution in [0.4, 0.5) is 0 Å². The summed E-state index contributed by atoms with van der Waals surface area (Å²) < 4.78 is 21.3. The lowest BCUT2D eigenvalue weighted by atomic mass is 10.1. The van der Waals surface area contributed by atoms with Crippen molar-refractivity contribution in [3.05, 3.63) is 83.0 Å². The molecule has 1 aliphatic heterocycles. The van der Waals surface area contributed by atoms with E-state index in [-0.39, 0.29) is 5.56 Å². The molecule has 0 bridgehead atoms. The maximum atomic E-state index is 11.5. The van der Waals surface area contributed by atoms with Crippen molar-refractivity contribution in [2.45, 2.75) is 25.8 Å². The van der Waals surface area contributed by atoms with Crippen molar-refractivity contribution >= 4 is 28.6 Å². The molecule has 4 heterocycles. The molecule has 1 unspecified atom stereocenters. The van der Waals surface area contributed by atoms with Crippen molar-refractivity contribution in [3.8, 4) is 22.8 Å². The smallest absolute Gasteiger partial charge is 0.335 e. The number of aromatic carboxylic acids is 1. The third kappa shape index (κ3) is 4.55. The highest BCUT2D eigenvalue weighted by atomic mass is 35.5. The molecule has 1 atom stereocenters. The molecular weight excluding hydrogens is 524 g/mol. The van der Waals surface area contributed by atoms with Crippen LogP contribution in [0.5, 0.6) is 11.5 Å². The van der Waals surface area contributed by atoms with Crippen molar-refractivity contribution in [1.29, 1.82) is 0 Å². The molecule has 0 saturated heterocycles. The van der Waals surface area contributed by atoms with Gasteiger partial charge in [0, 0.05) is 32.3 Å². The minimum atomic E-state index is -1.12. The van der Waals surface area contributed by atoms with Gasteiger partial charge in [0.15, 0.2) is 11.5 Å². The molecule has 5 aromatic rings. The van der Waals surface area contributed by atoms with Crippen molar-refractivity contribution in [1.82, 2.24) is 29.5 Å². The summed E-state index contributed by atoms with van der Waals surface area (Å²) in [7, 11) is 1.61. The molecule has 1 aliphatic rings. The summed E-state index contributed by atoms with van der Waals surface area (Å²) in [4.78, 5) is 20.6. The van der Waals surface area contributed by atoms with Gasteiger partial charge < -0.3 is 23.9 Å². The zero-order valence-corrected chi connectivity index (χ0v) is 21.8. The Balaban J connectivity index is 1.31. The Morgan fingerprint density at radius 3 is 2.82 bits per heavy atom. The Bertz CT molecular complexity index is 1700. The first-order valence-corrected chi connectivity index (χ1v) is 12.5. The van der Waals surface area contributed by atoms with Gasteiger partial charge in [0.25, 0.3) is 5.79 Å². The summed E-state index contributed by atoms with van der Waals surface area (Å²) in [5, 5.41) is 18.7. The fraction of sp³-hybridized carbons (Fsp3) is 0.222.